The molecule has 0 aliphatic rings. The van der Waals surface area contributed by atoms with Crippen LogP contribution in [-0.2, 0) is 6.61 Å². The Hall–Kier alpha value is -2.00. The molecule has 0 saturated heterocycles. The lowest BCUT2D eigenvalue weighted by molar-refractivity contribution is 0.275. The standard InChI is InChI=1S/C14H15NO2/c1-10-2-5-12(6-3-10)15-13-7-4-11(9-16)14(17)8-13/h2-8,15-17H,9H2,1H3. The first-order chi connectivity index (χ1) is 8.19. The molecule has 0 fully saturated rings. The molecule has 88 valence electrons. The minimum absolute atomic E-state index is 0.101. The molecule has 0 aliphatic carbocycles. The van der Waals surface area contributed by atoms with Crippen molar-refractivity contribution in [2.45, 2.75) is 13.5 Å². The maximum Gasteiger partial charge on any atom is 0.123 e. The van der Waals surface area contributed by atoms with Gasteiger partial charge in [0.1, 0.15) is 5.75 Å². The van der Waals surface area contributed by atoms with Gasteiger partial charge in [0.2, 0.25) is 0 Å². The van der Waals surface area contributed by atoms with Crippen LogP contribution in [-0.4, -0.2) is 10.2 Å². The molecule has 0 atom stereocenters. The molecule has 0 aliphatic heterocycles. The van der Waals surface area contributed by atoms with Crippen molar-refractivity contribution in [3.63, 3.8) is 0 Å². The Bertz CT molecular complexity index is 506. The van der Waals surface area contributed by atoms with Crippen LogP contribution in [0.15, 0.2) is 42.5 Å². The number of aliphatic hydroxyl groups excluding tert-OH is 1. The highest BCUT2D eigenvalue weighted by atomic mass is 16.3. The molecule has 17 heavy (non-hydrogen) atoms. The Morgan fingerprint density at radius 2 is 1.65 bits per heavy atom. The largest absolute Gasteiger partial charge is 0.508 e. The predicted octanol–water partition coefficient (Wildman–Crippen LogP) is 2.94. The third kappa shape index (κ3) is 2.77. The van der Waals surface area contributed by atoms with Crippen LogP contribution in [0.2, 0.25) is 0 Å². The fourth-order valence-corrected chi connectivity index (χ4v) is 1.58. The van der Waals surface area contributed by atoms with Gasteiger partial charge in [-0.25, -0.2) is 0 Å². The summed E-state index contributed by atoms with van der Waals surface area (Å²) in [6.45, 7) is 1.88. The maximum atomic E-state index is 9.61. The average Bonchev–Trinajstić information content (AvgIpc) is 2.32. The summed E-state index contributed by atoms with van der Waals surface area (Å²) in [5.41, 5.74) is 3.49. The number of benzene rings is 2. The molecule has 3 N–H and O–H groups in total. The van der Waals surface area contributed by atoms with Crippen LogP contribution in [0.1, 0.15) is 11.1 Å². The molecule has 0 bridgehead atoms. The molecule has 2 rings (SSSR count). The summed E-state index contributed by atoms with van der Waals surface area (Å²) in [6, 6.07) is 13.1. The van der Waals surface area contributed by atoms with Crippen LogP contribution < -0.4 is 5.32 Å². The molecule has 3 nitrogen and oxygen atoms in total. The van der Waals surface area contributed by atoms with Gasteiger partial charge in [-0.2, -0.15) is 0 Å². The van der Waals surface area contributed by atoms with Gasteiger partial charge in [0.15, 0.2) is 0 Å². The van der Waals surface area contributed by atoms with E-state index in [0.717, 1.165) is 11.4 Å². The van der Waals surface area contributed by atoms with Crippen molar-refractivity contribution in [2.75, 3.05) is 5.32 Å². The fourth-order valence-electron chi connectivity index (χ4n) is 1.58. The van der Waals surface area contributed by atoms with Crippen LogP contribution in [0.25, 0.3) is 0 Å². The summed E-state index contributed by atoms with van der Waals surface area (Å²) in [6.07, 6.45) is 0. The second kappa shape index (κ2) is 4.89. The number of rotatable bonds is 3. The van der Waals surface area contributed by atoms with Crippen molar-refractivity contribution in [3.05, 3.63) is 53.6 Å². The third-order valence-electron chi connectivity index (χ3n) is 2.60. The van der Waals surface area contributed by atoms with E-state index in [0.29, 0.717) is 5.56 Å². The first-order valence-electron chi connectivity index (χ1n) is 5.45. The lowest BCUT2D eigenvalue weighted by atomic mass is 10.2. The zero-order valence-electron chi connectivity index (χ0n) is 9.64. The highest BCUT2D eigenvalue weighted by molar-refractivity contribution is 5.62. The minimum atomic E-state index is -0.156. The van der Waals surface area contributed by atoms with E-state index >= 15 is 0 Å². The summed E-state index contributed by atoms with van der Waals surface area (Å²) in [4.78, 5) is 0. The number of nitrogens with one attached hydrogen (secondary N) is 1. The van der Waals surface area contributed by atoms with Crippen molar-refractivity contribution in [2.24, 2.45) is 0 Å². The van der Waals surface area contributed by atoms with Crippen LogP contribution >= 0.6 is 0 Å². The smallest absolute Gasteiger partial charge is 0.123 e. The van der Waals surface area contributed by atoms with Crippen molar-refractivity contribution in [1.29, 1.82) is 0 Å². The van der Waals surface area contributed by atoms with Crippen molar-refractivity contribution in [3.8, 4) is 5.75 Å². The maximum absolute atomic E-state index is 9.61. The monoisotopic (exact) mass is 229 g/mol. The molecule has 0 radical (unpaired) electrons. The minimum Gasteiger partial charge on any atom is -0.508 e. The van der Waals surface area contributed by atoms with Crippen LogP contribution in [0.3, 0.4) is 0 Å². The Morgan fingerprint density at radius 3 is 2.24 bits per heavy atom. The number of phenols is 1. The molecule has 0 unspecified atom stereocenters. The SMILES string of the molecule is Cc1ccc(Nc2ccc(CO)c(O)c2)cc1. The van der Waals surface area contributed by atoms with Crippen LogP contribution in [0.4, 0.5) is 11.4 Å². The number of hydrogen-bond acceptors (Lipinski definition) is 3. The van der Waals surface area contributed by atoms with E-state index in [-0.39, 0.29) is 12.4 Å². The first kappa shape index (κ1) is 11.5. The van der Waals surface area contributed by atoms with E-state index in [9.17, 15) is 5.11 Å². The lowest BCUT2D eigenvalue weighted by Crippen LogP contribution is -1.91. The Balaban J connectivity index is 2.19. The molecule has 2 aromatic rings. The summed E-state index contributed by atoms with van der Waals surface area (Å²) in [5, 5.41) is 21.7. The van der Waals surface area contributed by atoms with Crippen LogP contribution in [0, 0.1) is 6.92 Å². The van der Waals surface area contributed by atoms with Gasteiger partial charge in [0.25, 0.3) is 0 Å². The van der Waals surface area contributed by atoms with Gasteiger partial charge >= 0.3 is 0 Å². The zero-order valence-corrected chi connectivity index (χ0v) is 9.64. The molecule has 3 heteroatoms. The summed E-state index contributed by atoms with van der Waals surface area (Å²) in [5.74, 6) is 0.101. The lowest BCUT2D eigenvalue weighted by Gasteiger charge is -2.08. The van der Waals surface area contributed by atoms with E-state index in [1.165, 1.54) is 5.56 Å². The molecule has 0 heterocycles. The molecule has 0 aromatic heterocycles. The van der Waals surface area contributed by atoms with E-state index in [1.54, 1.807) is 12.1 Å². The topological polar surface area (TPSA) is 52.5 Å². The fraction of sp³-hybridized carbons (Fsp3) is 0.143. The van der Waals surface area contributed by atoms with Gasteiger partial charge in [-0.15, -0.1) is 0 Å². The number of hydrogen-bond donors (Lipinski definition) is 3. The Morgan fingerprint density at radius 1 is 1.00 bits per heavy atom. The summed E-state index contributed by atoms with van der Waals surface area (Å²) in [7, 11) is 0. The predicted molar refractivity (Wildman–Crippen MR) is 68.5 cm³/mol. The van der Waals surface area contributed by atoms with E-state index in [1.807, 2.05) is 37.3 Å². The quantitative estimate of drug-likeness (QED) is 0.758. The number of aryl methyl sites for hydroxylation is 1. The van der Waals surface area contributed by atoms with Crippen LogP contribution in [0.5, 0.6) is 5.75 Å². The third-order valence-corrected chi connectivity index (χ3v) is 2.60. The molecule has 0 amide bonds. The number of aliphatic hydroxyl groups is 1. The molecule has 2 aromatic carbocycles. The van der Waals surface area contributed by atoms with Crippen molar-refractivity contribution < 1.29 is 10.2 Å². The van der Waals surface area contributed by atoms with E-state index in [4.69, 9.17) is 5.11 Å². The molecular weight excluding hydrogens is 214 g/mol. The average molecular weight is 229 g/mol. The summed E-state index contributed by atoms with van der Waals surface area (Å²) >= 11 is 0. The normalized spacial score (nSPS) is 10.2. The van der Waals surface area contributed by atoms with E-state index < -0.39 is 0 Å². The van der Waals surface area contributed by atoms with Gasteiger partial charge in [-0.3, -0.25) is 0 Å². The molecular formula is C14H15NO2. The van der Waals surface area contributed by atoms with Gasteiger partial charge in [0.05, 0.1) is 6.61 Å². The molecule has 0 saturated carbocycles. The van der Waals surface area contributed by atoms with Gasteiger partial charge in [0, 0.05) is 23.0 Å². The Kier molecular flexibility index (Phi) is 3.30. The second-order valence-electron chi connectivity index (χ2n) is 3.99. The molecule has 0 spiro atoms. The van der Waals surface area contributed by atoms with Crippen molar-refractivity contribution in [1.82, 2.24) is 0 Å². The second-order valence-corrected chi connectivity index (χ2v) is 3.99. The number of anilines is 2. The van der Waals surface area contributed by atoms with Gasteiger partial charge in [-0.05, 0) is 25.1 Å². The first-order valence-corrected chi connectivity index (χ1v) is 5.45. The summed E-state index contributed by atoms with van der Waals surface area (Å²) < 4.78 is 0. The van der Waals surface area contributed by atoms with Gasteiger partial charge < -0.3 is 15.5 Å². The highest BCUT2D eigenvalue weighted by Gasteiger charge is 2.01. The van der Waals surface area contributed by atoms with Gasteiger partial charge in [-0.1, -0.05) is 23.8 Å². The highest BCUT2D eigenvalue weighted by Crippen LogP contribution is 2.24. The number of aromatic hydroxyl groups is 1. The van der Waals surface area contributed by atoms with Crippen molar-refractivity contribution >= 4 is 11.4 Å². The Labute approximate surface area is 100 Å². The zero-order chi connectivity index (χ0) is 12.3. The van der Waals surface area contributed by atoms with E-state index in [2.05, 4.69) is 5.32 Å².